The van der Waals surface area contributed by atoms with Crippen LogP contribution in [0.3, 0.4) is 0 Å². The van der Waals surface area contributed by atoms with Gasteiger partial charge in [0.15, 0.2) is 0 Å². The largest absolute Gasteiger partial charge is 0.395 e. The number of carbonyl (C=O) groups excluding carboxylic acids is 2. The fourth-order valence-electron chi connectivity index (χ4n) is 4.69. The monoisotopic (exact) mass is 500 g/mol. The molecule has 0 saturated heterocycles. The molecule has 7 heteroatoms. The molecule has 1 aliphatic heterocycles. The van der Waals surface area contributed by atoms with Crippen molar-refractivity contribution < 1.29 is 14.7 Å². The average molecular weight is 501 g/mol. The SMILES string of the molecule is CC(C)(C)N[C@@H]1CCc2ccccc2N(Cc2ccc(-c3ccccc3NC(=O)NCCO)cc2)C1=O. The van der Waals surface area contributed by atoms with Gasteiger partial charge < -0.3 is 26.0 Å². The molecule has 0 aromatic heterocycles. The van der Waals surface area contributed by atoms with Gasteiger partial charge in [0.1, 0.15) is 0 Å². The van der Waals surface area contributed by atoms with Gasteiger partial charge in [0.2, 0.25) is 5.91 Å². The summed E-state index contributed by atoms with van der Waals surface area (Å²) in [7, 11) is 0. The highest BCUT2D eigenvalue weighted by atomic mass is 16.3. The van der Waals surface area contributed by atoms with Gasteiger partial charge in [-0.1, -0.05) is 60.7 Å². The van der Waals surface area contributed by atoms with E-state index in [0.717, 1.165) is 35.2 Å². The molecule has 1 atom stereocenters. The third-order valence-corrected chi connectivity index (χ3v) is 6.33. The van der Waals surface area contributed by atoms with Crippen LogP contribution in [-0.2, 0) is 17.8 Å². The molecular weight excluding hydrogens is 464 g/mol. The summed E-state index contributed by atoms with van der Waals surface area (Å²) >= 11 is 0. The minimum Gasteiger partial charge on any atom is -0.395 e. The topological polar surface area (TPSA) is 93.7 Å². The molecule has 194 valence electrons. The Morgan fingerprint density at radius 2 is 1.70 bits per heavy atom. The summed E-state index contributed by atoms with van der Waals surface area (Å²) in [5.74, 6) is 0.0902. The summed E-state index contributed by atoms with van der Waals surface area (Å²) in [5, 5.41) is 17.9. The summed E-state index contributed by atoms with van der Waals surface area (Å²) in [4.78, 5) is 27.7. The van der Waals surface area contributed by atoms with Crippen LogP contribution in [0.5, 0.6) is 0 Å². The molecule has 7 nitrogen and oxygen atoms in total. The van der Waals surface area contributed by atoms with Crippen LogP contribution in [0.2, 0.25) is 0 Å². The molecule has 0 radical (unpaired) electrons. The number of para-hydroxylation sites is 2. The third-order valence-electron chi connectivity index (χ3n) is 6.33. The Hall–Kier alpha value is -3.68. The first kappa shape index (κ1) is 26.4. The highest BCUT2D eigenvalue weighted by Crippen LogP contribution is 2.31. The number of anilines is 2. The summed E-state index contributed by atoms with van der Waals surface area (Å²) < 4.78 is 0. The number of aliphatic hydroxyl groups excluding tert-OH is 1. The van der Waals surface area contributed by atoms with Crippen molar-refractivity contribution in [3.8, 4) is 11.1 Å². The molecule has 0 saturated carbocycles. The molecule has 3 aromatic carbocycles. The van der Waals surface area contributed by atoms with E-state index < -0.39 is 0 Å². The molecule has 1 heterocycles. The number of benzene rings is 3. The van der Waals surface area contributed by atoms with E-state index in [9.17, 15) is 9.59 Å². The van der Waals surface area contributed by atoms with E-state index >= 15 is 0 Å². The summed E-state index contributed by atoms with van der Waals surface area (Å²) in [6.45, 7) is 6.81. The Morgan fingerprint density at radius 3 is 2.43 bits per heavy atom. The van der Waals surface area contributed by atoms with Crippen molar-refractivity contribution in [2.45, 2.75) is 51.7 Å². The van der Waals surface area contributed by atoms with E-state index in [0.29, 0.717) is 12.2 Å². The standard InChI is InChI=1S/C30H36N4O3/c1-30(2,3)33-26-17-16-23-8-4-7-11-27(23)34(28(26)36)20-21-12-14-22(15-13-21)24-9-5-6-10-25(24)32-29(37)31-18-19-35/h4-15,26,33,35H,16-20H2,1-3H3,(H2,31,32,37)/t26-/m1/s1. The number of rotatable bonds is 7. The van der Waals surface area contributed by atoms with E-state index in [1.807, 2.05) is 71.6 Å². The van der Waals surface area contributed by atoms with E-state index in [-0.39, 0.29) is 36.7 Å². The third kappa shape index (κ3) is 6.76. The van der Waals surface area contributed by atoms with Gasteiger partial charge in [0, 0.05) is 23.3 Å². The van der Waals surface area contributed by atoms with Gasteiger partial charge in [-0.2, -0.15) is 0 Å². The lowest BCUT2D eigenvalue weighted by molar-refractivity contribution is -0.121. The number of aliphatic hydroxyl groups is 1. The Kier molecular flexibility index (Phi) is 8.26. The van der Waals surface area contributed by atoms with Gasteiger partial charge in [-0.15, -0.1) is 0 Å². The molecule has 1 aliphatic rings. The second-order valence-electron chi connectivity index (χ2n) is 10.4. The maximum Gasteiger partial charge on any atom is 0.319 e. The number of nitrogens with one attached hydrogen (secondary N) is 3. The smallest absolute Gasteiger partial charge is 0.319 e. The predicted octanol–water partition coefficient (Wildman–Crippen LogP) is 4.70. The fourth-order valence-corrected chi connectivity index (χ4v) is 4.69. The zero-order valence-corrected chi connectivity index (χ0v) is 21.8. The fraction of sp³-hybridized carbons (Fsp3) is 0.333. The van der Waals surface area contributed by atoms with Crippen molar-refractivity contribution >= 4 is 23.3 Å². The molecule has 3 amide bonds. The normalized spacial score (nSPS) is 15.6. The van der Waals surface area contributed by atoms with E-state index in [2.05, 4.69) is 42.8 Å². The first-order valence-electron chi connectivity index (χ1n) is 12.8. The van der Waals surface area contributed by atoms with Crippen molar-refractivity contribution in [2.75, 3.05) is 23.4 Å². The van der Waals surface area contributed by atoms with Crippen LogP contribution in [0.4, 0.5) is 16.2 Å². The summed E-state index contributed by atoms with van der Waals surface area (Å²) in [5.41, 5.74) is 5.53. The van der Waals surface area contributed by atoms with E-state index in [4.69, 9.17) is 5.11 Å². The number of nitrogens with zero attached hydrogens (tertiary/aromatic N) is 1. The summed E-state index contributed by atoms with van der Waals surface area (Å²) in [6, 6.07) is 23.2. The Bertz CT molecular complexity index is 1230. The first-order valence-corrected chi connectivity index (χ1v) is 12.8. The van der Waals surface area contributed by atoms with Crippen LogP contribution >= 0.6 is 0 Å². The quantitative estimate of drug-likeness (QED) is 0.378. The molecule has 4 rings (SSSR count). The molecule has 3 aromatic rings. The molecule has 4 N–H and O–H groups in total. The Labute approximate surface area is 218 Å². The van der Waals surface area contributed by atoms with Crippen LogP contribution in [0.1, 0.15) is 38.3 Å². The average Bonchev–Trinajstić information content (AvgIpc) is 3.00. The van der Waals surface area contributed by atoms with E-state index in [1.54, 1.807) is 0 Å². The van der Waals surface area contributed by atoms with Gasteiger partial charge in [-0.05, 0) is 62.4 Å². The maximum atomic E-state index is 13.7. The van der Waals surface area contributed by atoms with Crippen LogP contribution in [-0.4, -0.2) is 41.8 Å². The number of aryl methyl sites for hydroxylation is 1. The van der Waals surface area contributed by atoms with Gasteiger partial charge in [0.25, 0.3) is 0 Å². The predicted molar refractivity (Wildman–Crippen MR) is 149 cm³/mol. The second-order valence-corrected chi connectivity index (χ2v) is 10.4. The van der Waals surface area contributed by atoms with Crippen LogP contribution in [0.25, 0.3) is 11.1 Å². The lowest BCUT2D eigenvalue weighted by Gasteiger charge is -2.31. The number of amides is 3. The Balaban J connectivity index is 1.57. The molecule has 37 heavy (non-hydrogen) atoms. The lowest BCUT2D eigenvalue weighted by atomic mass is 10.0. The molecule has 0 fully saturated rings. The maximum absolute atomic E-state index is 13.7. The van der Waals surface area contributed by atoms with Crippen LogP contribution < -0.4 is 20.9 Å². The van der Waals surface area contributed by atoms with Crippen molar-refractivity contribution in [3.63, 3.8) is 0 Å². The minimum absolute atomic E-state index is 0.0902. The van der Waals surface area contributed by atoms with Gasteiger partial charge >= 0.3 is 6.03 Å². The number of hydrogen-bond acceptors (Lipinski definition) is 4. The summed E-state index contributed by atoms with van der Waals surface area (Å²) in [6.07, 6.45) is 1.61. The van der Waals surface area contributed by atoms with Crippen molar-refractivity contribution in [1.29, 1.82) is 0 Å². The van der Waals surface area contributed by atoms with Crippen molar-refractivity contribution in [2.24, 2.45) is 0 Å². The number of hydrogen-bond donors (Lipinski definition) is 4. The minimum atomic E-state index is -0.366. The Morgan fingerprint density at radius 1 is 1.00 bits per heavy atom. The molecule has 0 bridgehead atoms. The lowest BCUT2D eigenvalue weighted by Crippen LogP contribution is -2.52. The second kappa shape index (κ2) is 11.6. The van der Waals surface area contributed by atoms with Crippen LogP contribution in [0, 0.1) is 0 Å². The number of urea groups is 1. The van der Waals surface area contributed by atoms with Gasteiger partial charge in [-0.25, -0.2) is 4.79 Å². The van der Waals surface area contributed by atoms with Crippen molar-refractivity contribution in [3.05, 3.63) is 83.9 Å². The van der Waals surface area contributed by atoms with Crippen molar-refractivity contribution in [1.82, 2.24) is 10.6 Å². The first-order chi connectivity index (χ1) is 17.7. The molecular formula is C30H36N4O3. The van der Waals surface area contributed by atoms with Gasteiger partial charge in [0.05, 0.1) is 24.9 Å². The van der Waals surface area contributed by atoms with E-state index in [1.165, 1.54) is 5.56 Å². The van der Waals surface area contributed by atoms with Crippen LogP contribution in [0.15, 0.2) is 72.8 Å². The molecule has 0 unspecified atom stereocenters. The highest BCUT2D eigenvalue weighted by molar-refractivity contribution is 5.98. The molecule has 0 spiro atoms. The number of carbonyl (C=O) groups is 2. The highest BCUT2D eigenvalue weighted by Gasteiger charge is 2.32. The zero-order valence-electron chi connectivity index (χ0n) is 21.8. The molecule has 0 aliphatic carbocycles. The van der Waals surface area contributed by atoms with Gasteiger partial charge in [-0.3, -0.25) is 4.79 Å². The zero-order chi connectivity index (χ0) is 26.4. The number of fused-ring (bicyclic) bond motifs is 1.